The van der Waals surface area contributed by atoms with Gasteiger partial charge in [0.2, 0.25) is 5.91 Å². The summed E-state index contributed by atoms with van der Waals surface area (Å²) in [5.74, 6) is 1.31. The molecule has 29 heavy (non-hydrogen) atoms. The molecule has 0 unspecified atom stereocenters. The third kappa shape index (κ3) is 4.36. The summed E-state index contributed by atoms with van der Waals surface area (Å²) in [6.45, 7) is 5.19. The lowest BCUT2D eigenvalue weighted by Gasteiger charge is -2.18. The zero-order chi connectivity index (χ0) is 20.4. The summed E-state index contributed by atoms with van der Waals surface area (Å²) < 4.78 is 11.7. The molecule has 0 aromatic heterocycles. The molecular weight excluding hydrogens is 368 g/mol. The molecule has 2 aromatic rings. The normalized spacial score (nSPS) is 17.0. The highest BCUT2D eigenvalue weighted by atomic mass is 16.5. The highest BCUT2D eigenvalue weighted by molar-refractivity contribution is 5.95. The summed E-state index contributed by atoms with van der Waals surface area (Å²) in [7, 11) is 0. The Bertz CT molecular complexity index is 921. The summed E-state index contributed by atoms with van der Waals surface area (Å²) in [6, 6.07) is 13.5. The van der Waals surface area contributed by atoms with Crippen LogP contribution in [0.5, 0.6) is 11.5 Å². The molecule has 1 fully saturated rings. The lowest BCUT2D eigenvalue weighted by Crippen LogP contribution is -2.28. The Morgan fingerprint density at radius 2 is 2.00 bits per heavy atom. The Kier molecular flexibility index (Phi) is 5.18. The third-order valence-electron chi connectivity index (χ3n) is 5.22. The lowest BCUT2D eigenvalue weighted by atomic mass is 10.0. The monoisotopic (exact) mass is 394 g/mol. The fourth-order valence-electron chi connectivity index (χ4n) is 3.81. The number of nitrogens with zero attached hydrogens (tertiary/aromatic N) is 1. The minimum absolute atomic E-state index is 0.0688. The van der Waals surface area contributed by atoms with Crippen LogP contribution in [0.25, 0.3) is 0 Å². The molecule has 2 amide bonds. The fourth-order valence-corrected chi connectivity index (χ4v) is 3.81. The van der Waals surface area contributed by atoms with Crippen molar-refractivity contribution in [3.8, 4) is 11.5 Å². The number of rotatable bonds is 6. The number of ether oxygens (including phenoxy) is 2. The minimum atomic E-state index is -0.254. The molecule has 2 aliphatic heterocycles. The molecule has 0 radical (unpaired) electrons. The quantitative estimate of drug-likeness (QED) is 0.817. The van der Waals surface area contributed by atoms with Crippen LogP contribution in [-0.2, 0) is 22.6 Å². The van der Waals surface area contributed by atoms with Crippen molar-refractivity contribution in [2.45, 2.75) is 45.3 Å². The Morgan fingerprint density at radius 3 is 2.72 bits per heavy atom. The summed E-state index contributed by atoms with van der Waals surface area (Å²) in [4.78, 5) is 25.8. The van der Waals surface area contributed by atoms with E-state index in [0.29, 0.717) is 18.7 Å². The van der Waals surface area contributed by atoms with Crippen molar-refractivity contribution in [3.05, 3.63) is 53.6 Å². The molecule has 6 nitrogen and oxygen atoms in total. The minimum Gasteiger partial charge on any atom is -0.483 e. The first-order valence-corrected chi connectivity index (χ1v) is 10.0. The Labute approximate surface area is 170 Å². The maximum atomic E-state index is 12.2. The first-order chi connectivity index (χ1) is 13.9. The predicted molar refractivity (Wildman–Crippen MR) is 110 cm³/mol. The van der Waals surface area contributed by atoms with Gasteiger partial charge in [-0.05, 0) is 44.0 Å². The van der Waals surface area contributed by atoms with E-state index in [-0.39, 0.29) is 24.0 Å². The van der Waals surface area contributed by atoms with E-state index >= 15 is 0 Å². The summed E-state index contributed by atoms with van der Waals surface area (Å²) in [6.07, 6.45) is 2.35. The number of hydrogen-bond acceptors (Lipinski definition) is 4. The van der Waals surface area contributed by atoms with Crippen molar-refractivity contribution in [1.82, 2.24) is 5.32 Å². The van der Waals surface area contributed by atoms with Gasteiger partial charge in [0.1, 0.15) is 5.60 Å². The second-order valence-electron chi connectivity index (χ2n) is 8.16. The van der Waals surface area contributed by atoms with Crippen LogP contribution < -0.4 is 19.7 Å². The van der Waals surface area contributed by atoms with E-state index in [0.717, 1.165) is 42.0 Å². The molecule has 6 heteroatoms. The van der Waals surface area contributed by atoms with Crippen LogP contribution >= 0.6 is 0 Å². The molecule has 0 spiro atoms. The van der Waals surface area contributed by atoms with Crippen molar-refractivity contribution in [1.29, 1.82) is 0 Å². The predicted octanol–water partition coefficient (Wildman–Crippen LogP) is 3.22. The van der Waals surface area contributed by atoms with E-state index in [1.807, 2.05) is 56.3 Å². The number of carbonyl (C=O) groups is 2. The lowest BCUT2D eigenvalue weighted by molar-refractivity contribution is -0.123. The molecule has 0 atom stereocenters. The van der Waals surface area contributed by atoms with Gasteiger partial charge in [0.05, 0.1) is 0 Å². The van der Waals surface area contributed by atoms with Crippen LogP contribution in [0.1, 0.15) is 37.8 Å². The Balaban J connectivity index is 1.28. The maximum Gasteiger partial charge on any atom is 0.258 e. The Hall–Kier alpha value is -3.02. The SMILES string of the molecule is CC1(C)Cc2cccc(OCC(=O)NCc3ccc(N4CCCC4=O)cc3)c2O1. The standard InChI is InChI=1S/C23H26N2O4/c1-23(2)13-17-5-3-6-19(22(17)29-23)28-15-20(26)24-14-16-8-10-18(11-9-16)25-12-4-7-21(25)27/h3,5-6,8-11H,4,7,12-15H2,1-2H3,(H,24,26). The molecular formula is C23H26N2O4. The van der Waals surface area contributed by atoms with Gasteiger partial charge in [-0.1, -0.05) is 24.3 Å². The number of benzene rings is 2. The first kappa shape index (κ1) is 19.3. The first-order valence-electron chi connectivity index (χ1n) is 10.0. The Morgan fingerprint density at radius 1 is 1.21 bits per heavy atom. The average molecular weight is 394 g/mol. The van der Waals surface area contributed by atoms with E-state index in [9.17, 15) is 9.59 Å². The second-order valence-corrected chi connectivity index (χ2v) is 8.16. The van der Waals surface area contributed by atoms with Gasteiger partial charge in [-0.3, -0.25) is 9.59 Å². The highest BCUT2D eigenvalue weighted by Gasteiger charge is 2.32. The van der Waals surface area contributed by atoms with Crippen LogP contribution in [0.3, 0.4) is 0 Å². The molecule has 2 heterocycles. The van der Waals surface area contributed by atoms with Crippen LogP contribution in [0.2, 0.25) is 0 Å². The molecule has 2 aliphatic rings. The molecule has 1 N–H and O–H groups in total. The van der Waals surface area contributed by atoms with E-state index < -0.39 is 0 Å². The maximum absolute atomic E-state index is 12.2. The topological polar surface area (TPSA) is 67.9 Å². The van der Waals surface area contributed by atoms with E-state index in [4.69, 9.17) is 9.47 Å². The molecule has 1 saturated heterocycles. The van der Waals surface area contributed by atoms with Crippen LogP contribution in [0.15, 0.2) is 42.5 Å². The summed E-state index contributed by atoms with van der Waals surface area (Å²) in [5, 5.41) is 2.87. The van der Waals surface area contributed by atoms with Crippen molar-refractivity contribution >= 4 is 17.5 Å². The molecule has 0 bridgehead atoms. The molecule has 152 valence electrons. The molecule has 0 saturated carbocycles. The summed E-state index contributed by atoms with van der Waals surface area (Å²) in [5.41, 5.74) is 2.73. The van der Waals surface area contributed by atoms with Crippen molar-refractivity contribution in [2.24, 2.45) is 0 Å². The van der Waals surface area contributed by atoms with Gasteiger partial charge in [0.25, 0.3) is 5.91 Å². The van der Waals surface area contributed by atoms with E-state index in [1.54, 1.807) is 4.90 Å². The number of carbonyl (C=O) groups excluding carboxylic acids is 2. The summed E-state index contributed by atoms with van der Waals surface area (Å²) >= 11 is 0. The van der Waals surface area contributed by atoms with Crippen LogP contribution in [0, 0.1) is 0 Å². The van der Waals surface area contributed by atoms with Gasteiger partial charge >= 0.3 is 0 Å². The van der Waals surface area contributed by atoms with E-state index in [1.165, 1.54) is 0 Å². The van der Waals surface area contributed by atoms with E-state index in [2.05, 4.69) is 5.32 Å². The highest BCUT2D eigenvalue weighted by Crippen LogP contribution is 2.41. The van der Waals surface area contributed by atoms with Crippen LogP contribution in [-0.4, -0.2) is 30.6 Å². The van der Waals surface area contributed by atoms with Gasteiger partial charge < -0.3 is 19.7 Å². The van der Waals surface area contributed by atoms with Crippen molar-refractivity contribution in [2.75, 3.05) is 18.1 Å². The smallest absolute Gasteiger partial charge is 0.258 e. The average Bonchev–Trinajstić information content (AvgIpc) is 3.26. The number of nitrogens with one attached hydrogen (secondary N) is 1. The van der Waals surface area contributed by atoms with Crippen molar-refractivity contribution in [3.63, 3.8) is 0 Å². The van der Waals surface area contributed by atoms with Gasteiger partial charge in [0, 0.05) is 37.2 Å². The number of fused-ring (bicyclic) bond motifs is 1. The number of hydrogen-bond donors (Lipinski definition) is 1. The number of amides is 2. The molecule has 2 aromatic carbocycles. The van der Waals surface area contributed by atoms with Gasteiger partial charge in [-0.25, -0.2) is 0 Å². The zero-order valence-corrected chi connectivity index (χ0v) is 16.9. The second kappa shape index (κ2) is 7.78. The fraction of sp³-hybridized carbons (Fsp3) is 0.391. The van der Waals surface area contributed by atoms with Gasteiger partial charge in [-0.2, -0.15) is 0 Å². The largest absolute Gasteiger partial charge is 0.483 e. The molecule has 4 rings (SSSR count). The number of para-hydroxylation sites is 1. The molecule has 0 aliphatic carbocycles. The van der Waals surface area contributed by atoms with Gasteiger partial charge in [-0.15, -0.1) is 0 Å². The number of anilines is 1. The van der Waals surface area contributed by atoms with Gasteiger partial charge in [0.15, 0.2) is 18.1 Å². The zero-order valence-electron chi connectivity index (χ0n) is 16.9. The third-order valence-corrected chi connectivity index (χ3v) is 5.22. The van der Waals surface area contributed by atoms with Crippen molar-refractivity contribution < 1.29 is 19.1 Å². The van der Waals surface area contributed by atoms with Crippen LogP contribution in [0.4, 0.5) is 5.69 Å².